The van der Waals surface area contributed by atoms with Crippen LogP contribution in [-0.2, 0) is 30.5 Å². The standard InChI is InChI=1S/C35H45NO5S/c1-5-6-12-21-36(22-23-40-34(39)35(2,3)4)33(38)30(18-20-32(37)41-25-27-13-8-7-9-14-27)26-42-31-19-17-28-15-10-11-16-29(28)24-31/h7-11,13-17,19,24,30H,5-6,12,18,20-23,25-26H2,1-4H3. The fourth-order valence-electron chi connectivity index (χ4n) is 4.44. The molecule has 6 nitrogen and oxygen atoms in total. The van der Waals surface area contributed by atoms with Crippen molar-refractivity contribution in [3.8, 4) is 0 Å². The van der Waals surface area contributed by atoms with Crippen LogP contribution in [-0.4, -0.2) is 48.2 Å². The number of ether oxygens (including phenoxy) is 2. The fourth-order valence-corrected chi connectivity index (χ4v) is 5.52. The molecule has 0 spiro atoms. The highest BCUT2D eigenvalue weighted by Gasteiger charge is 2.27. The number of hydrogen-bond acceptors (Lipinski definition) is 6. The van der Waals surface area contributed by atoms with Crippen LogP contribution in [0.1, 0.15) is 65.4 Å². The van der Waals surface area contributed by atoms with Crippen molar-refractivity contribution < 1.29 is 23.9 Å². The molecule has 0 heterocycles. The summed E-state index contributed by atoms with van der Waals surface area (Å²) < 4.78 is 11.0. The third kappa shape index (κ3) is 11.2. The van der Waals surface area contributed by atoms with Crippen molar-refractivity contribution in [1.82, 2.24) is 4.90 Å². The number of carbonyl (C=O) groups excluding carboxylic acids is 3. The van der Waals surface area contributed by atoms with E-state index in [0.717, 1.165) is 35.1 Å². The highest BCUT2D eigenvalue weighted by atomic mass is 32.2. The van der Waals surface area contributed by atoms with Crippen LogP contribution in [0, 0.1) is 11.3 Å². The van der Waals surface area contributed by atoms with Gasteiger partial charge >= 0.3 is 11.9 Å². The summed E-state index contributed by atoms with van der Waals surface area (Å²) in [5.41, 5.74) is 0.327. The van der Waals surface area contributed by atoms with Gasteiger partial charge in [0.05, 0.1) is 12.0 Å². The van der Waals surface area contributed by atoms with Gasteiger partial charge in [-0.25, -0.2) is 0 Å². The lowest BCUT2D eigenvalue weighted by atomic mass is 9.97. The average molecular weight is 592 g/mol. The van der Waals surface area contributed by atoms with E-state index in [1.54, 1.807) is 11.8 Å². The Kier molecular flexibility index (Phi) is 13.4. The lowest BCUT2D eigenvalue weighted by Gasteiger charge is -2.28. The van der Waals surface area contributed by atoms with Crippen molar-refractivity contribution in [3.05, 3.63) is 78.4 Å². The molecule has 226 valence electrons. The van der Waals surface area contributed by atoms with Gasteiger partial charge in [0, 0.05) is 29.5 Å². The van der Waals surface area contributed by atoms with Crippen molar-refractivity contribution >= 4 is 40.4 Å². The molecule has 0 fully saturated rings. The predicted octanol–water partition coefficient (Wildman–Crippen LogP) is 7.68. The van der Waals surface area contributed by atoms with Gasteiger partial charge in [-0.3, -0.25) is 14.4 Å². The normalized spacial score (nSPS) is 12.1. The number of carbonyl (C=O) groups is 3. The lowest BCUT2D eigenvalue weighted by Crippen LogP contribution is -2.41. The first-order valence-corrected chi connectivity index (χ1v) is 15.9. The number of amides is 1. The topological polar surface area (TPSA) is 72.9 Å². The number of fused-ring (bicyclic) bond motifs is 1. The lowest BCUT2D eigenvalue weighted by molar-refractivity contribution is -0.155. The predicted molar refractivity (Wildman–Crippen MR) is 170 cm³/mol. The Balaban J connectivity index is 1.69. The summed E-state index contributed by atoms with van der Waals surface area (Å²) in [7, 11) is 0. The monoisotopic (exact) mass is 591 g/mol. The maximum Gasteiger partial charge on any atom is 0.311 e. The molecule has 0 aliphatic rings. The summed E-state index contributed by atoms with van der Waals surface area (Å²) in [6, 6.07) is 24.1. The largest absolute Gasteiger partial charge is 0.463 e. The molecule has 3 rings (SSSR count). The summed E-state index contributed by atoms with van der Waals surface area (Å²) in [5, 5.41) is 2.32. The second-order valence-electron chi connectivity index (χ2n) is 11.6. The van der Waals surface area contributed by atoms with E-state index in [9.17, 15) is 14.4 Å². The van der Waals surface area contributed by atoms with Crippen molar-refractivity contribution in [1.29, 1.82) is 0 Å². The minimum Gasteiger partial charge on any atom is -0.463 e. The smallest absolute Gasteiger partial charge is 0.311 e. The molecule has 0 saturated heterocycles. The second-order valence-corrected chi connectivity index (χ2v) is 12.7. The molecule has 0 aliphatic carbocycles. The zero-order chi connectivity index (χ0) is 30.4. The first-order chi connectivity index (χ1) is 20.2. The van der Waals surface area contributed by atoms with E-state index in [2.05, 4.69) is 37.3 Å². The van der Waals surface area contributed by atoms with Gasteiger partial charge in [0.1, 0.15) is 13.2 Å². The molecular formula is C35H45NO5S. The van der Waals surface area contributed by atoms with E-state index < -0.39 is 5.41 Å². The fraction of sp³-hybridized carbons (Fsp3) is 0.457. The molecular weight excluding hydrogens is 546 g/mol. The van der Waals surface area contributed by atoms with Crippen molar-refractivity contribution in [2.24, 2.45) is 11.3 Å². The number of unbranched alkanes of at least 4 members (excludes halogenated alkanes) is 2. The number of rotatable bonds is 16. The molecule has 3 aromatic rings. The molecule has 0 aliphatic heterocycles. The molecule has 3 aromatic carbocycles. The van der Waals surface area contributed by atoms with Crippen molar-refractivity contribution in [2.45, 2.75) is 71.3 Å². The number of hydrogen-bond donors (Lipinski definition) is 0. The van der Waals surface area contributed by atoms with Crippen molar-refractivity contribution in [2.75, 3.05) is 25.4 Å². The van der Waals surface area contributed by atoms with Crippen LogP contribution >= 0.6 is 11.8 Å². The Morgan fingerprint density at radius 2 is 1.57 bits per heavy atom. The second kappa shape index (κ2) is 17.0. The van der Waals surface area contributed by atoms with Crippen LogP contribution in [0.4, 0.5) is 0 Å². The SMILES string of the molecule is CCCCCN(CCOC(=O)C(C)(C)C)C(=O)C(CCC(=O)OCc1ccccc1)CSc1ccc2ccccc2c1. The third-order valence-electron chi connectivity index (χ3n) is 7.01. The minimum absolute atomic E-state index is 0.0120. The molecule has 0 N–H and O–H groups in total. The number of benzene rings is 3. The van der Waals surface area contributed by atoms with E-state index >= 15 is 0 Å². The van der Waals surface area contributed by atoms with E-state index in [4.69, 9.17) is 9.47 Å². The van der Waals surface area contributed by atoms with E-state index in [1.165, 1.54) is 5.39 Å². The van der Waals surface area contributed by atoms with Gasteiger partial charge in [-0.15, -0.1) is 11.8 Å². The van der Waals surface area contributed by atoms with Crippen LogP contribution in [0.5, 0.6) is 0 Å². The maximum atomic E-state index is 14.0. The highest BCUT2D eigenvalue weighted by Crippen LogP contribution is 2.28. The number of thioether (sulfide) groups is 1. The Hall–Kier alpha value is -3.32. The average Bonchev–Trinajstić information content (AvgIpc) is 2.99. The van der Waals surface area contributed by atoms with Crippen molar-refractivity contribution in [3.63, 3.8) is 0 Å². The quantitative estimate of drug-likeness (QED) is 0.0967. The molecule has 1 atom stereocenters. The molecule has 0 bridgehead atoms. The first-order valence-electron chi connectivity index (χ1n) is 14.9. The minimum atomic E-state index is -0.601. The Labute approximate surface area is 255 Å². The summed E-state index contributed by atoms with van der Waals surface area (Å²) in [5.74, 6) is -0.459. The number of esters is 2. The molecule has 42 heavy (non-hydrogen) atoms. The van der Waals surface area contributed by atoms with Crippen LogP contribution in [0.25, 0.3) is 10.8 Å². The zero-order valence-electron chi connectivity index (χ0n) is 25.5. The van der Waals surface area contributed by atoms with Gasteiger partial charge in [-0.05, 0) is 62.1 Å². The van der Waals surface area contributed by atoms with Crippen LogP contribution in [0.3, 0.4) is 0 Å². The summed E-state index contributed by atoms with van der Waals surface area (Å²) in [4.78, 5) is 41.8. The van der Waals surface area contributed by atoms with Gasteiger partial charge in [0.15, 0.2) is 0 Å². The summed E-state index contributed by atoms with van der Waals surface area (Å²) in [6.07, 6.45) is 3.46. The van der Waals surface area contributed by atoms with Gasteiger partial charge in [0.2, 0.25) is 5.91 Å². The van der Waals surface area contributed by atoms with Gasteiger partial charge in [0.25, 0.3) is 0 Å². The Morgan fingerprint density at radius 3 is 2.29 bits per heavy atom. The molecule has 0 radical (unpaired) electrons. The molecule has 1 amide bonds. The maximum absolute atomic E-state index is 14.0. The molecule has 1 unspecified atom stereocenters. The molecule has 0 saturated carbocycles. The van der Waals surface area contributed by atoms with Gasteiger partial charge < -0.3 is 14.4 Å². The van der Waals surface area contributed by atoms with Gasteiger partial charge in [-0.1, -0.05) is 80.4 Å². The number of nitrogens with zero attached hydrogens (tertiary/aromatic N) is 1. The third-order valence-corrected chi connectivity index (χ3v) is 8.17. The van der Waals surface area contributed by atoms with Crippen LogP contribution in [0.15, 0.2) is 77.7 Å². The summed E-state index contributed by atoms with van der Waals surface area (Å²) >= 11 is 1.63. The van der Waals surface area contributed by atoms with E-state index in [-0.39, 0.29) is 43.4 Å². The van der Waals surface area contributed by atoms with E-state index in [1.807, 2.05) is 68.1 Å². The summed E-state index contributed by atoms with van der Waals surface area (Å²) in [6.45, 7) is 8.87. The highest BCUT2D eigenvalue weighted by molar-refractivity contribution is 7.99. The van der Waals surface area contributed by atoms with Crippen LogP contribution < -0.4 is 0 Å². The molecule has 0 aromatic heterocycles. The zero-order valence-corrected chi connectivity index (χ0v) is 26.3. The van der Waals surface area contributed by atoms with Crippen LogP contribution in [0.2, 0.25) is 0 Å². The Morgan fingerprint density at radius 1 is 0.857 bits per heavy atom. The molecule has 7 heteroatoms. The Bertz CT molecular complexity index is 1290. The first kappa shape index (κ1) is 33.2. The van der Waals surface area contributed by atoms with E-state index in [0.29, 0.717) is 25.3 Å². The van der Waals surface area contributed by atoms with Gasteiger partial charge in [-0.2, -0.15) is 0 Å².